The standard InChI is InChI=1S/C16H22O5S/c1-3-10(2)11-4-6-12(7-5-11)21-22(18,19)13-8-14(17)16-15(9-13)20-16/h4-7,10,13-17H,3,8-9H2,1-2H3. The number of rotatable bonds is 5. The second-order valence-electron chi connectivity index (χ2n) is 6.25. The Morgan fingerprint density at radius 1 is 1.32 bits per heavy atom. The molecule has 0 radical (unpaired) electrons. The van der Waals surface area contributed by atoms with Crippen LogP contribution in [0.1, 0.15) is 44.6 Å². The molecule has 3 rings (SSSR count). The molecule has 1 saturated carbocycles. The Kier molecular flexibility index (Phi) is 4.18. The first kappa shape index (κ1) is 15.8. The summed E-state index contributed by atoms with van der Waals surface area (Å²) in [5.74, 6) is 0.753. The van der Waals surface area contributed by atoms with Gasteiger partial charge in [0.25, 0.3) is 0 Å². The van der Waals surface area contributed by atoms with Crippen LogP contribution in [0.15, 0.2) is 24.3 Å². The molecular weight excluding hydrogens is 304 g/mol. The molecule has 1 N–H and O–H groups in total. The van der Waals surface area contributed by atoms with Crippen molar-refractivity contribution in [3.63, 3.8) is 0 Å². The van der Waals surface area contributed by atoms with Crippen molar-refractivity contribution in [2.75, 3.05) is 0 Å². The summed E-state index contributed by atoms with van der Waals surface area (Å²) >= 11 is 0. The minimum Gasteiger partial charge on any atom is -0.390 e. The molecule has 0 aromatic heterocycles. The summed E-state index contributed by atoms with van der Waals surface area (Å²) in [6.07, 6.45) is 0.570. The lowest BCUT2D eigenvalue weighted by atomic mass is 9.97. The van der Waals surface area contributed by atoms with Crippen molar-refractivity contribution >= 4 is 10.1 Å². The second kappa shape index (κ2) is 5.83. The molecule has 0 spiro atoms. The maximum atomic E-state index is 12.4. The lowest BCUT2D eigenvalue weighted by molar-refractivity contribution is 0.124. The summed E-state index contributed by atoms with van der Waals surface area (Å²) in [4.78, 5) is 0. The van der Waals surface area contributed by atoms with Gasteiger partial charge in [-0.2, -0.15) is 8.42 Å². The number of benzene rings is 1. The Morgan fingerprint density at radius 3 is 2.59 bits per heavy atom. The van der Waals surface area contributed by atoms with Gasteiger partial charge in [-0.1, -0.05) is 26.0 Å². The van der Waals surface area contributed by atoms with Crippen LogP contribution < -0.4 is 4.18 Å². The highest BCUT2D eigenvalue weighted by Crippen LogP contribution is 2.39. The molecule has 1 aliphatic carbocycles. The summed E-state index contributed by atoms with van der Waals surface area (Å²) in [6, 6.07) is 7.17. The van der Waals surface area contributed by atoms with Crippen molar-refractivity contribution in [1.82, 2.24) is 0 Å². The molecule has 1 aromatic rings. The Labute approximate surface area is 131 Å². The van der Waals surface area contributed by atoms with Crippen LogP contribution >= 0.6 is 0 Å². The second-order valence-corrected chi connectivity index (χ2v) is 8.07. The number of hydrogen-bond acceptors (Lipinski definition) is 5. The van der Waals surface area contributed by atoms with Gasteiger partial charge in [0.05, 0.1) is 12.2 Å². The number of aliphatic hydroxyl groups excluding tert-OH is 1. The quantitative estimate of drug-likeness (QED) is 0.663. The summed E-state index contributed by atoms with van der Waals surface area (Å²) in [7, 11) is -3.75. The van der Waals surface area contributed by atoms with E-state index < -0.39 is 21.5 Å². The van der Waals surface area contributed by atoms with E-state index in [2.05, 4.69) is 13.8 Å². The van der Waals surface area contributed by atoms with Crippen LogP contribution in [0.2, 0.25) is 0 Å². The van der Waals surface area contributed by atoms with Gasteiger partial charge in [-0.05, 0) is 42.9 Å². The van der Waals surface area contributed by atoms with Crippen LogP contribution in [0.5, 0.6) is 5.75 Å². The number of fused-ring (bicyclic) bond motifs is 1. The molecular formula is C16H22O5S. The molecule has 0 amide bonds. The predicted molar refractivity (Wildman–Crippen MR) is 82.4 cm³/mol. The zero-order valence-electron chi connectivity index (χ0n) is 12.8. The minimum atomic E-state index is -3.75. The molecule has 5 nitrogen and oxygen atoms in total. The number of hydrogen-bond donors (Lipinski definition) is 1. The molecule has 22 heavy (non-hydrogen) atoms. The smallest absolute Gasteiger partial charge is 0.312 e. The molecule has 1 aliphatic heterocycles. The van der Waals surface area contributed by atoms with E-state index in [-0.39, 0.29) is 18.6 Å². The molecule has 122 valence electrons. The van der Waals surface area contributed by atoms with Crippen LogP contribution in [0.4, 0.5) is 0 Å². The van der Waals surface area contributed by atoms with E-state index in [1.54, 1.807) is 12.1 Å². The Balaban J connectivity index is 1.68. The van der Waals surface area contributed by atoms with Crippen LogP contribution in [-0.2, 0) is 14.9 Å². The fourth-order valence-corrected chi connectivity index (χ4v) is 4.34. The van der Waals surface area contributed by atoms with Gasteiger partial charge in [0, 0.05) is 0 Å². The van der Waals surface area contributed by atoms with Gasteiger partial charge >= 0.3 is 10.1 Å². The van der Waals surface area contributed by atoms with E-state index >= 15 is 0 Å². The molecule has 1 aromatic carbocycles. The molecule has 1 saturated heterocycles. The van der Waals surface area contributed by atoms with Crippen molar-refractivity contribution in [2.45, 2.75) is 62.6 Å². The van der Waals surface area contributed by atoms with Crippen LogP contribution in [0.3, 0.4) is 0 Å². The van der Waals surface area contributed by atoms with Gasteiger partial charge in [-0.25, -0.2) is 0 Å². The molecule has 2 aliphatic rings. The molecule has 0 bridgehead atoms. The highest BCUT2D eigenvalue weighted by atomic mass is 32.2. The monoisotopic (exact) mass is 326 g/mol. The largest absolute Gasteiger partial charge is 0.390 e. The molecule has 5 unspecified atom stereocenters. The predicted octanol–water partition coefficient (Wildman–Crippen LogP) is 2.20. The van der Waals surface area contributed by atoms with Crippen molar-refractivity contribution in [3.8, 4) is 5.75 Å². The Bertz CT molecular complexity index is 624. The van der Waals surface area contributed by atoms with Crippen molar-refractivity contribution < 1.29 is 22.4 Å². The average Bonchev–Trinajstić information content (AvgIpc) is 3.27. The third-order valence-electron chi connectivity index (χ3n) is 4.68. The van der Waals surface area contributed by atoms with E-state index in [9.17, 15) is 13.5 Å². The van der Waals surface area contributed by atoms with Gasteiger partial charge in [0.15, 0.2) is 0 Å². The number of ether oxygens (including phenoxy) is 1. The normalized spacial score (nSPS) is 32.1. The SMILES string of the molecule is CCC(C)c1ccc(OS(=O)(=O)C2CC(O)C3OC3C2)cc1. The minimum absolute atomic E-state index is 0.139. The molecule has 6 heteroatoms. The highest BCUT2D eigenvalue weighted by molar-refractivity contribution is 7.87. The van der Waals surface area contributed by atoms with E-state index in [4.69, 9.17) is 8.92 Å². The highest BCUT2D eigenvalue weighted by Gasteiger charge is 2.53. The molecule has 5 atom stereocenters. The van der Waals surface area contributed by atoms with Gasteiger partial charge < -0.3 is 14.0 Å². The average molecular weight is 326 g/mol. The van der Waals surface area contributed by atoms with E-state index in [1.165, 1.54) is 0 Å². The fourth-order valence-electron chi connectivity index (χ4n) is 2.97. The van der Waals surface area contributed by atoms with Gasteiger partial charge in [-0.15, -0.1) is 0 Å². The van der Waals surface area contributed by atoms with Crippen molar-refractivity contribution in [1.29, 1.82) is 0 Å². The van der Waals surface area contributed by atoms with Crippen molar-refractivity contribution in [2.24, 2.45) is 0 Å². The number of aliphatic hydroxyl groups is 1. The Hall–Kier alpha value is -1.11. The third-order valence-corrected chi connectivity index (χ3v) is 6.31. The maximum absolute atomic E-state index is 12.4. The van der Waals surface area contributed by atoms with Gasteiger partial charge in [0.1, 0.15) is 17.1 Å². The zero-order valence-corrected chi connectivity index (χ0v) is 13.6. The zero-order chi connectivity index (χ0) is 15.9. The van der Waals surface area contributed by atoms with Crippen molar-refractivity contribution in [3.05, 3.63) is 29.8 Å². The lowest BCUT2D eigenvalue weighted by Gasteiger charge is -2.22. The Morgan fingerprint density at radius 2 is 2.00 bits per heavy atom. The third kappa shape index (κ3) is 3.14. The first-order chi connectivity index (χ1) is 10.4. The summed E-state index contributed by atoms with van der Waals surface area (Å²) < 4.78 is 35.2. The van der Waals surface area contributed by atoms with Crippen LogP contribution in [-0.4, -0.2) is 37.1 Å². The van der Waals surface area contributed by atoms with E-state index in [0.29, 0.717) is 18.1 Å². The topological polar surface area (TPSA) is 76.1 Å². The van der Waals surface area contributed by atoms with Gasteiger partial charge in [-0.3, -0.25) is 0 Å². The summed E-state index contributed by atoms with van der Waals surface area (Å²) in [6.45, 7) is 4.24. The molecule has 1 heterocycles. The lowest BCUT2D eigenvalue weighted by Crippen LogP contribution is -2.37. The van der Waals surface area contributed by atoms with Gasteiger partial charge in [0.2, 0.25) is 0 Å². The van der Waals surface area contributed by atoms with E-state index in [1.807, 2.05) is 12.1 Å². The fraction of sp³-hybridized carbons (Fsp3) is 0.625. The van der Waals surface area contributed by atoms with E-state index in [0.717, 1.165) is 12.0 Å². The van der Waals surface area contributed by atoms with Crippen LogP contribution in [0.25, 0.3) is 0 Å². The van der Waals surface area contributed by atoms with Crippen LogP contribution in [0, 0.1) is 0 Å². The maximum Gasteiger partial charge on any atom is 0.312 e. The summed E-state index contributed by atoms with van der Waals surface area (Å²) in [5.41, 5.74) is 1.16. The first-order valence-corrected chi connectivity index (χ1v) is 9.24. The molecule has 2 fully saturated rings. The first-order valence-electron chi connectivity index (χ1n) is 7.77. The summed E-state index contributed by atoms with van der Waals surface area (Å²) in [5, 5.41) is 9.09. The number of epoxide rings is 1.